The van der Waals surface area contributed by atoms with Gasteiger partial charge in [0.1, 0.15) is 0 Å². The molecule has 1 aromatic carbocycles. The molecule has 1 aliphatic heterocycles. The SMILES string of the molecule is COc1ccc(Nc2ccc(N3C(=O)CCC3C)cc2)nn1.O=CO. The monoisotopic (exact) mass is 344 g/mol. The Morgan fingerprint density at radius 2 is 1.92 bits per heavy atom. The van der Waals surface area contributed by atoms with Crippen molar-refractivity contribution in [1.82, 2.24) is 10.2 Å². The van der Waals surface area contributed by atoms with Gasteiger partial charge in [-0.25, -0.2) is 0 Å². The van der Waals surface area contributed by atoms with Gasteiger partial charge in [0, 0.05) is 29.9 Å². The van der Waals surface area contributed by atoms with Crippen molar-refractivity contribution < 1.29 is 19.4 Å². The number of methoxy groups -OCH3 is 1. The first-order valence-corrected chi connectivity index (χ1v) is 7.73. The van der Waals surface area contributed by atoms with Gasteiger partial charge in [-0.1, -0.05) is 0 Å². The predicted octanol–water partition coefficient (Wildman–Crippen LogP) is 2.44. The number of anilines is 3. The summed E-state index contributed by atoms with van der Waals surface area (Å²) in [5.74, 6) is 1.30. The van der Waals surface area contributed by atoms with Crippen LogP contribution < -0.4 is 15.0 Å². The molecular formula is C17H20N4O4. The third-order valence-corrected chi connectivity index (χ3v) is 3.75. The summed E-state index contributed by atoms with van der Waals surface area (Å²) in [6.07, 6.45) is 1.54. The van der Waals surface area contributed by atoms with E-state index < -0.39 is 0 Å². The number of nitrogens with zero attached hydrogens (tertiary/aromatic N) is 3. The molecule has 1 saturated heterocycles. The van der Waals surface area contributed by atoms with E-state index in [-0.39, 0.29) is 18.4 Å². The van der Waals surface area contributed by atoms with Crippen LogP contribution in [0.15, 0.2) is 36.4 Å². The molecule has 2 aromatic rings. The maximum atomic E-state index is 11.9. The minimum Gasteiger partial charge on any atom is -0.483 e. The standard InChI is InChI=1S/C16H18N4O2.CH2O2/c1-11-3-10-16(21)20(11)13-6-4-12(5-7-13)17-14-8-9-15(22-2)19-18-14;2-1-3/h4-9,11H,3,10H2,1-2H3,(H,17,18);1H,(H,2,3). The van der Waals surface area contributed by atoms with E-state index in [1.807, 2.05) is 29.2 Å². The number of carbonyl (C=O) groups excluding carboxylic acids is 1. The van der Waals surface area contributed by atoms with Gasteiger partial charge < -0.3 is 20.1 Å². The number of carbonyl (C=O) groups is 2. The molecule has 8 heteroatoms. The van der Waals surface area contributed by atoms with Crippen LogP contribution in [0.5, 0.6) is 5.88 Å². The molecule has 2 heterocycles. The maximum absolute atomic E-state index is 11.9. The third-order valence-electron chi connectivity index (χ3n) is 3.75. The lowest BCUT2D eigenvalue weighted by Gasteiger charge is -2.22. The molecule has 2 N–H and O–H groups in total. The van der Waals surface area contributed by atoms with Gasteiger partial charge in [0.15, 0.2) is 5.82 Å². The number of ether oxygens (including phenoxy) is 1. The van der Waals surface area contributed by atoms with Crippen LogP contribution in [0.3, 0.4) is 0 Å². The number of aromatic nitrogens is 2. The largest absolute Gasteiger partial charge is 0.483 e. The van der Waals surface area contributed by atoms with Crippen molar-refractivity contribution in [3.63, 3.8) is 0 Å². The van der Waals surface area contributed by atoms with Crippen molar-refractivity contribution in [2.45, 2.75) is 25.8 Å². The first-order chi connectivity index (χ1) is 12.1. The normalized spacial score (nSPS) is 16.0. The van der Waals surface area contributed by atoms with Crippen molar-refractivity contribution in [2.75, 3.05) is 17.3 Å². The summed E-state index contributed by atoms with van der Waals surface area (Å²) in [5, 5.41) is 18.0. The van der Waals surface area contributed by atoms with Gasteiger partial charge in [0.05, 0.1) is 7.11 Å². The lowest BCUT2D eigenvalue weighted by Crippen LogP contribution is -2.30. The average molecular weight is 344 g/mol. The fraction of sp³-hybridized carbons (Fsp3) is 0.294. The van der Waals surface area contributed by atoms with Crippen molar-refractivity contribution in [1.29, 1.82) is 0 Å². The number of hydrogen-bond donors (Lipinski definition) is 2. The average Bonchev–Trinajstić information content (AvgIpc) is 2.96. The summed E-state index contributed by atoms with van der Waals surface area (Å²) in [5.41, 5.74) is 1.82. The quantitative estimate of drug-likeness (QED) is 0.821. The molecule has 0 radical (unpaired) electrons. The lowest BCUT2D eigenvalue weighted by atomic mass is 10.2. The molecule has 0 saturated carbocycles. The summed E-state index contributed by atoms with van der Waals surface area (Å²) in [6.45, 7) is 1.82. The number of nitrogens with one attached hydrogen (secondary N) is 1. The van der Waals surface area contributed by atoms with Gasteiger partial charge in [-0.2, -0.15) is 0 Å². The van der Waals surface area contributed by atoms with Gasteiger partial charge in [-0.15, -0.1) is 10.2 Å². The minimum absolute atomic E-state index is 0.189. The van der Waals surface area contributed by atoms with Gasteiger partial charge in [0.2, 0.25) is 11.8 Å². The Kier molecular flexibility index (Phi) is 6.27. The highest BCUT2D eigenvalue weighted by molar-refractivity contribution is 5.96. The Labute approximate surface area is 145 Å². The van der Waals surface area contributed by atoms with E-state index in [0.717, 1.165) is 17.8 Å². The summed E-state index contributed by atoms with van der Waals surface area (Å²) in [4.78, 5) is 22.1. The van der Waals surface area contributed by atoms with Crippen molar-refractivity contribution in [3.05, 3.63) is 36.4 Å². The molecule has 0 bridgehead atoms. The maximum Gasteiger partial charge on any atom is 0.290 e. The van der Waals surface area contributed by atoms with E-state index in [2.05, 4.69) is 22.4 Å². The Hall–Kier alpha value is -3.16. The highest BCUT2D eigenvalue weighted by atomic mass is 16.5. The Morgan fingerprint density at radius 1 is 1.24 bits per heavy atom. The predicted molar refractivity (Wildman–Crippen MR) is 93.2 cm³/mol. The number of rotatable bonds is 4. The molecule has 132 valence electrons. The second kappa shape index (κ2) is 8.62. The molecule has 0 aliphatic carbocycles. The third kappa shape index (κ3) is 4.66. The molecule has 1 unspecified atom stereocenters. The second-order valence-corrected chi connectivity index (χ2v) is 5.39. The zero-order valence-electron chi connectivity index (χ0n) is 14.0. The highest BCUT2D eigenvalue weighted by Gasteiger charge is 2.28. The zero-order chi connectivity index (χ0) is 18.2. The molecule has 1 aromatic heterocycles. The second-order valence-electron chi connectivity index (χ2n) is 5.39. The van der Waals surface area contributed by atoms with Gasteiger partial charge in [0.25, 0.3) is 6.47 Å². The fourth-order valence-electron chi connectivity index (χ4n) is 2.58. The zero-order valence-corrected chi connectivity index (χ0v) is 14.0. The van der Waals surface area contributed by atoms with Gasteiger partial charge >= 0.3 is 0 Å². The Balaban J connectivity index is 0.000000701. The molecule has 1 amide bonds. The summed E-state index contributed by atoms with van der Waals surface area (Å²) in [7, 11) is 1.55. The number of carboxylic acid groups (broad SMARTS) is 1. The van der Waals surface area contributed by atoms with Crippen LogP contribution in [0, 0.1) is 0 Å². The van der Waals surface area contributed by atoms with E-state index in [0.29, 0.717) is 18.1 Å². The van der Waals surface area contributed by atoms with Crippen LogP contribution in [0.4, 0.5) is 17.2 Å². The molecule has 25 heavy (non-hydrogen) atoms. The van der Waals surface area contributed by atoms with Gasteiger partial charge in [-0.3, -0.25) is 9.59 Å². The molecule has 1 aliphatic rings. The van der Waals surface area contributed by atoms with Crippen molar-refractivity contribution >= 4 is 29.6 Å². The highest BCUT2D eigenvalue weighted by Crippen LogP contribution is 2.28. The van der Waals surface area contributed by atoms with E-state index in [1.165, 1.54) is 0 Å². The van der Waals surface area contributed by atoms with Crippen LogP contribution >= 0.6 is 0 Å². The topological polar surface area (TPSA) is 105 Å². The van der Waals surface area contributed by atoms with Crippen LogP contribution in [0.1, 0.15) is 19.8 Å². The van der Waals surface area contributed by atoms with Crippen LogP contribution in [0.25, 0.3) is 0 Å². The molecule has 1 atom stereocenters. The minimum atomic E-state index is -0.250. The van der Waals surface area contributed by atoms with Crippen LogP contribution in [-0.2, 0) is 9.59 Å². The summed E-state index contributed by atoms with van der Waals surface area (Å²) >= 11 is 0. The first-order valence-electron chi connectivity index (χ1n) is 7.73. The smallest absolute Gasteiger partial charge is 0.290 e. The van der Waals surface area contributed by atoms with E-state index in [1.54, 1.807) is 19.2 Å². The Morgan fingerprint density at radius 3 is 2.40 bits per heavy atom. The van der Waals surface area contributed by atoms with E-state index in [9.17, 15) is 4.79 Å². The molecular weight excluding hydrogens is 324 g/mol. The lowest BCUT2D eigenvalue weighted by molar-refractivity contribution is -0.123. The van der Waals surface area contributed by atoms with Crippen LogP contribution in [-0.4, -0.2) is 40.8 Å². The summed E-state index contributed by atoms with van der Waals surface area (Å²) < 4.78 is 4.97. The first kappa shape index (κ1) is 18.2. The van der Waals surface area contributed by atoms with Gasteiger partial charge in [-0.05, 0) is 43.7 Å². The molecule has 0 spiro atoms. The van der Waals surface area contributed by atoms with E-state index >= 15 is 0 Å². The number of amides is 1. The molecule has 3 rings (SSSR count). The molecule has 8 nitrogen and oxygen atoms in total. The number of hydrogen-bond acceptors (Lipinski definition) is 6. The van der Waals surface area contributed by atoms with Crippen molar-refractivity contribution in [3.8, 4) is 5.88 Å². The Bertz CT molecular complexity index is 704. The number of benzene rings is 1. The van der Waals surface area contributed by atoms with E-state index in [4.69, 9.17) is 14.6 Å². The summed E-state index contributed by atoms with van der Waals surface area (Å²) in [6, 6.07) is 11.6. The molecule has 1 fully saturated rings. The van der Waals surface area contributed by atoms with Crippen molar-refractivity contribution in [2.24, 2.45) is 0 Å². The fourth-order valence-corrected chi connectivity index (χ4v) is 2.58. The van der Waals surface area contributed by atoms with Crippen LogP contribution in [0.2, 0.25) is 0 Å².